The molecule has 100 valence electrons. The molecule has 1 fully saturated rings. The Balaban J connectivity index is 2.32. The minimum absolute atomic E-state index is 0.0334. The highest BCUT2D eigenvalue weighted by atomic mass is 79.9. The molecule has 2 atom stereocenters. The second-order valence-corrected chi connectivity index (χ2v) is 5.60. The second kappa shape index (κ2) is 5.99. The summed E-state index contributed by atoms with van der Waals surface area (Å²) >= 11 is 3.26. The number of rotatable bonds is 3. The summed E-state index contributed by atoms with van der Waals surface area (Å²) in [6, 6.07) is 1.84. The summed E-state index contributed by atoms with van der Waals surface area (Å²) in [5, 5.41) is 9.21. The van der Waals surface area contributed by atoms with Crippen LogP contribution in [0.5, 0.6) is 0 Å². The van der Waals surface area contributed by atoms with Gasteiger partial charge in [0.1, 0.15) is 0 Å². The molecule has 0 spiro atoms. The van der Waals surface area contributed by atoms with Gasteiger partial charge in [-0.2, -0.15) is 0 Å². The highest BCUT2D eigenvalue weighted by molar-refractivity contribution is 9.10. The minimum atomic E-state index is -0.0562. The Labute approximate surface area is 115 Å². The molecule has 18 heavy (non-hydrogen) atoms. The van der Waals surface area contributed by atoms with Crippen LogP contribution in [-0.4, -0.2) is 22.9 Å². The molecule has 1 aliphatic carbocycles. The van der Waals surface area contributed by atoms with Crippen LogP contribution in [0.25, 0.3) is 0 Å². The van der Waals surface area contributed by atoms with Gasteiger partial charge in [0, 0.05) is 19.3 Å². The molecule has 0 radical (unpaired) electrons. The molecule has 0 amide bonds. The Morgan fingerprint density at radius 3 is 3.00 bits per heavy atom. The van der Waals surface area contributed by atoms with E-state index < -0.39 is 0 Å². The third-order valence-electron chi connectivity index (χ3n) is 3.56. The Morgan fingerprint density at radius 2 is 2.33 bits per heavy atom. The average molecular weight is 316 g/mol. The number of hydrogen-bond acceptors (Lipinski definition) is 3. The van der Waals surface area contributed by atoms with Crippen molar-refractivity contribution in [2.45, 2.75) is 44.4 Å². The van der Waals surface area contributed by atoms with Crippen molar-refractivity contribution in [3.8, 4) is 0 Å². The summed E-state index contributed by atoms with van der Waals surface area (Å²) in [5.41, 5.74) is 0.718. The first-order valence-electron chi connectivity index (χ1n) is 6.20. The SMILES string of the molecule is COC1CCCC(n2cc(CO)cc(Br)c2=O)C1. The van der Waals surface area contributed by atoms with Gasteiger partial charge in [0.05, 0.1) is 17.2 Å². The van der Waals surface area contributed by atoms with Crippen molar-refractivity contribution in [2.75, 3.05) is 7.11 Å². The normalized spacial score (nSPS) is 24.2. The van der Waals surface area contributed by atoms with Crippen LogP contribution in [0.15, 0.2) is 21.5 Å². The molecule has 1 aromatic rings. The van der Waals surface area contributed by atoms with Crippen molar-refractivity contribution in [2.24, 2.45) is 0 Å². The van der Waals surface area contributed by atoms with Crippen molar-refractivity contribution in [1.29, 1.82) is 0 Å². The van der Waals surface area contributed by atoms with E-state index in [1.807, 2.05) is 0 Å². The lowest BCUT2D eigenvalue weighted by Gasteiger charge is -2.30. The molecule has 0 bridgehead atoms. The zero-order valence-corrected chi connectivity index (χ0v) is 12.0. The minimum Gasteiger partial charge on any atom is -0.392 e. The van der Waals surface area contributed by atoms with Crippen LogP contribution in [0.4, 0.5) is 0 Å². The zero-order valence-electron chi connectivity index (χ0n) is 10.4. The van der Waals surface area contributed by atoms with Crippen LogP contribution >= 0.6 is 15.9 Å². The Kier molecular flexibility index (Phi) is 4.59. The van der Waals surface area contributed by atoms with Crippen LogP contribution in [0.2, 0.25) is 0 Å². The first-order valence-corrected chi connectivity index (χ1v) is 6.99. The first kappa shape index (κ1) is 13.8. The smallest absolute Gasteiger partial charge is 0.265 e. The number of aliphatic hydroxyl groups excluding tert-OH is 1. The fourth-order valence-corrected chi connectivity index (χ4v) is 3.07. The van der Waals surface area contributed by atoms with Crippen molar-refractivity contribution < 1.29 is 9.84 Å². The summed E-state index contributed by atoms with van der Waals surface area (Å²) in [5.74, 6) is 0. The molecule has 1 N–H and O–H groups in total. The summed E-state index contributed by atoms with van der Waals surface area (Å²) in [6.07, 6.45) is 5.96. The Morgan fingerprint density at radius 1 is 1.56 bits per heavy atom. The third-order valence-corrected chi connectivity index (χ3v) is 4.13. The number of hydrogen-bond donors (Lipinski definition) is 1. The number of methoxy groups -OCH3 is 1. The standard InChI is InChI=1S/C13H18BrNO3/c1-18-11-4-2-3-10(6-11)15-7-9(8-16)5-12(14)13(15)17/h5,7,10-11,16H,2-4,6,8H2,1H3. The van der Waals surface area contributed by atoms with Gasteiger partial charge in [0.25, 0.3) is 5.56 Å². The van der Waals surface area contributed by atoms with E-state index in [4.69, 9.17) is 4.74 Å². The maximum absolute atomic E-state index is 12.1. The van der Waals surface area contributed by atoms with E-state index in [9.17, 15) is 9.90 Å². The number of aromatic nitrogens is 1. The number of halogens is 1. The maximum Gasteiger partial charge on any atom is 0.265 e. The molecule has 4 nitrogen and oxygen atoms in total. The highest BCUT2D eigenvalue weighted by Gasteiger charge is 2.24. The Bertz CT molecular complexity index is 472. The van der Waals surface area contributed by atoms with E-state index in [1.54, 1.807) is 23.9 Å². The predicted octanol–water partition coefficient (Wildman–Crippen LogP) is 2.23. The number of aliphatic hydroxyl groups is 1. The molecular weight excluding hydrogens is 298 g/mol. The van der Waals surface area contributed by atoms with Crippen LogP contribution in [0.1, 0.15) is 37.3 Å². The molecular formula is C13H18BrNO3. The van der Waals surface area contributed by atoms with E-state index in [0.29, 0.717) is 4.47 Å². The largest absolute Gasteiger partial charge is 0.392 e. The first-order chi connectivity index (χ1) is 8.65. The van der Waals surface area contributed by atoms with Gasteiger partial charge < -0.3 is 14.4 Å². The molecule has 2 unspecified atom stereocenters. The summed E-state index contributed by atoms with van der Waals surface area (Å²) in [6.45, 7) is -0.0562. The van der Waals surface area contributed by atoms with Crippen molar-refractivity contribution in [1.82, 2.24) is 4.57 Å². The molecule has 1 heterocycles. The van der Waals surface area contributed by atoms with E-state index in [2.05, 4.69) is 15.9 Å². The van der Waals surface area contributed by atoms with Gasteiger partial charge in [0.2, 0.25) is 0 Å². The molecule has 5 heteroatoms. The molecule has 1 saturated carbocycles. The van der Waals surface area contributed by atoms with Gasteiger partial charge in [-0.25, -0.2) is 0 Å². The maximum atomic E-state index is 12.1. The summed E-state index contributed by atoms with van der Waals surface area (Å²) in [7, 11) is 1.72. The monoisotopic (exact) mass is 315 g/mol. The average Bonchev–Trinajstić information content (AvgIpc) is 2.41. The number of pyridine rings is 1. The molecule has 0 aromatic carbocycles. The summed E-state index contributed by atoms with van der Waals surface area (Å²) < 4.78 is 7.64. The van der Waals surface area contributed by atoms with E-state index in [-0.39, 0.29) is 24.3 Å². The molecule has 0 aliphatic heterocycles. The molecule has 1 aliphatic rings. The molecule has 0 saturated heterocycles. The molecule has 1 aromatic heterocycles. The van der Waals surface area contributed by atoms with Crippen LogP contribution in [0, 0.1) is 0 Å². The van der Waals surface area contributed by atoms with Gasteiger partial charge in [-0.15, -0.1) is 0 Å². The number of nitrogens with zero attached hydrogens (tertiary/aromatic N) is 1. The lowest BCUT2D eigenvalue weighted by Crippen LogP contribution is -2.31. The fourth-order valence-electron chi connectivity index (χ4n) is 2.57. The summed E-state index contributed by atoms with van der Waals surface area (Å²) in [4.78, 5) is 12.1. The van der Waals surface area contributed by atoms with Gasteiger partial charge >= 0.3 is 0 Å². The van der Waals surface area contributed by atoms with Crippen molar-refractivity contribution in [3.63, 3.8) is 0 Å². The van der Waals surface area contributed by atoms with Crippen molar-refractivity contribution in [3.05, 3.63) is 32.7 Å². The van der Waals surface area contributed by atoms with Gasteiger partial charge in [-0.05, 0) is 53.2 Å². The fraction of sp³-hybridized carbons (Fsp3) is 0.615. The predicted molar refractivity (Wildman–Crippen MR) is 72.6 cm³/mol. The lowest BCUT2D eigenvalue weighted by molar-refractivity contribution is 0.0523. The second-order valence-electron chi connectivity index (χ2n) is 4.74. The zero-order chi connectivity index (χ0) is 13.1. The topological polar surface area (TPSA) is 51.5 Å². The lowest BCUT2D eigenvalue weighted by atomic mass is 9.92. The van der Waals surface area contributed by atoms with Gasteiger partial charge in [-0.1, -0.05) is 0 Å². The quantitative estimate of drug-likeness (QED) is 0.930. The van der Waals surface area contributed by atoms with E-state index in [0.717, 1.165) is 31.2 Å². The van der Waals surface area contributed by atoms with Crippen molar-refractivity contribution >= 4 is 15.9 Å². The Hall–Kier alpha value is -0.650. The number of ether oxygens (including phenoxy) is 1. The van der Waals surface area contributed by atoms with Crippen LogP contribution < -0.4 is 5.56 Å². The third kappa shape index (κ3) is 2.84. The van der Waals surface area contributed by atoms with Gasteiger partial charge in [-0.3, -0.25) is 4.79 Å². The molecule has 2 rings (SSSR count). The van der Waals surface area contributed by atoms with E-state index >= 15 is 0 Å². The van der Waals surface area contributed by atoms with Crippen LogP contribution in [-0.2, 0) is 11.3 Å². The van der Waals surface area contributed by atoms with Crippen LogP contribution in [0.3, 0.4) is 0 Å². The van der Waals surface area contributed by atoms with E-state index in [1.165, 1.54) is 0 Å². The van der Waals surface area contributed by atoms with Gasteiger partial charge in [0.15, 0.2) is 0 Å². The highest BCUT2D eigenvalue weighted by Crippen LogP contribution is 2.29.